The summed E-state index contributed by atoms with van der Waals surface area (Å²) in [6.45, 7) is 0. The molecule has 0 aliphatic carbocycles. The highest BCUT2D eigenvalue weighted by molar-refractivity contribution is 5.61. The molecule has 64 valence electrons. The lowest BCUT2D eigenvalue weighted by atomic mass is 10.3. The molecule has 0 unspecified atom stereocenters. The third kappa shape index (κ3) is 1.42. The minimum atomic E-state index is -0.568. The smallest absolute Gasteiger partial charge is 0.310 e. The quantitative estimate of drug-likeness (QED) is 0.498. The highest BCUT2D eigenvalue weighted by Crippen LogP contribution is 2.21. The number of hydrogen-bond acceptors (Lipinski definition) is 5. The Balaban J connectivity index is 3.12. The van der Waals surface area contributed by atoms with Crippen LogP contribution >= 0.6 is 0 Å². The van der Waals surface area contributed by atoms with E-state index in [4.69, 9.17) is 5.73 Å². The molecule has 0 spiro atoms. The van der Waals surface area contributed by atoms with Crippen LogP contribution in [-0.2, 0) is 0 Å². The number of nitrogen functional groups attached to an aromatic ring is 1. The van der Waals surface area contributed by atoms with Crippen LogP contribution in [0.1, 0.15) is 0 Å². The minimum absolute atomic E-state index is 0.111. The fraction of sp³-hybridized carbons (Fsp3) is 0.167. The van der Waals surface area contributed by atoms with Crippen molar-refractivity contribution in [2.75, 3.05) is 18.1 Å². The number of pyridine rings is 1. The summed E-state index contributed by atoms with van der Waals surface area (Å²) in [6.07, 6.45) is 1.13. The lowest BCUT2D eigenvalue weighted by molar-refractivity contribution is -0.384. The van der Waals surface area contributed by atoms with Crippen LogP contribution in [-0.4, -0.2) is 17.0 Å². The van der Waals surface area contributed by atoms with Gasteiger partial charge in [0.25, 0.3) is 0 Å². The van der Waals surface area contributed by atoms with E-state index in [0.29, 0.717) is 5.82 Å². The number of nitrogens with zero attached hydrogens (tertiary/aromatic N) is 2. The first-order chi connectivity index (χ1) is 5.65. The molecule has 0 saturated heterocycles. The molecule has 1 rings (SSSR count). The van der Waals surface area contributed by atoms with E-state index in [-0.39, 0.29) is 11.4 Å². The van der Waals surface area contributed by atoms with Gasteiger partial charge in [0.15, 0.2) is 0 Å². The fourth-order valence-electron chi connectivity index (χ4n) is 0.753. The van der Waals surface area contributed by atoms with Crippen molar-refractivity contribution in [3.8, 4) is 0 Å². The Kier molecular flexibility index (Phi) is 2.09. The van der Waals surface area contributed by atoms with E-state index in [2.05, 4.69) is 10.3 Å². The summed E-state index contributed by atoms with van der Waals surface area (Å²) < 4.78 is 0. The van der Waals surface area contributed by atoms with Crippen molar-refractivity contribution in [1.29, 1.82) is 0 Å². The summed E-state index contributed by atoms with van der Waals surface area (Å²) in [6, 6.07) is 1.41. The van der Waals surface area contributed by atoms with E-state index in [9.17, 15) is 10.1 Å². The minimum Gasteiger partial charge on any atom is -0.393 e. The molecule has 0 atom stereocenters. The first-order valence-electron chi connectivity index (χ1n) is 3.23. The van der Waals surface area contributed by atoms with Gasteiger partial charge in [-0.1, -0.05) is 0 Å². The van der Waals surface area contributed by atoms with Crippen LogP contribution in [0.3, 0.4) is 0 Å². The molecule has 0 bridgehead atoms. The number of nitrogens with two attached hydrogens (primary N) is 1. The van der Waals surface area contributed by atoms with Gasteiger partial charge in [-0.15, -0.1) is 0 Å². The maximum absolute atomic E-state index is 10.3. The molecule has 3 N–H and O–H groups in total. The molecule has 0 aliphatic rings. The maximum Gasteiger partial charge on any atom is 0.310 e. The van der Waals surface area contributed by atoms with E-state index < -0.39 is 4.92 Å². The summed E-state index contributed by atoms with van der Waals surface area (Å²) >= 11 is 0. The molecule has 0 amide bonds. The molecule has 6 heteroatoms. The van der Waals surface area contributed by atoms with Crippen LogP contribution in [0.2, 0.25) is 0 Å². The van der Waals surface area contributed by atoms with Gasteiger partial charge in [-0.05, 0) is 0 Å². The van der Waals surface area contributed by atoms with E-state index in [1.165, 1.54) is 6.07 Å². The van der Waals surface area contributed by atoms with Gasteiger partial charge in [0.1, 0.15) is 17.7 Å². The molecule has 1 heterocycles. The van der Waals surface area contributed by atoms with Crippen molar-refractivity contribution < 1.29 is 4.92 Å². The third-order valence-electron chi connectivity index (χ3n) is 1.37. The number of nitro groups is 1. The first-order valence-corrected chi connectivity index (χ1v) is 3.23. The Morgan fingerprint density at radius 2 is 2.42 bits per heavy atom. The summed E-state index contributed by atoms with van der Waals surface area (Å²) in [4.78, 5) is 13.5. The second-order valence-electron chi connectivity index (χ2n) is 2.14. The largest absolute Gasteiger partial charge is 0.393 e. The summed E-state index contributed by atoms with van der Waals surface area (Å²) in [5.41, 5.74) is 5.31. The van der Waals surface area contributed by atoms with Gasteiger partial charge in [0.05, 0.1) is 4.92 Å². The molecule has 6 nitrogen and oxygen atoms in total. The van der Waals surface area contributed by atoms with Gasteiger partial charge in [-0.3, -0.25) is 10.1 Å². The topological polar surface area (TPSA) is 94.1 Å². The molecule has 1 aromatic heterocycles. The highest BCUT2D eigenvalue weighted by atomic mass is 16.6. The average molecular weight is 168 g/mol. The molecule has 1 aromatic rings. The van der Waals surface area contributed by atoms with Crippen molar-refractivity contribution in [2.24, 2.45) is 0 Å². The van der Waals surface area contributed by atoms with Crippen LogP contribution in [0.15, 0.2) is 12.3 Å². The van der Waals surface area contributed by atoms with Crippen LogP contribution in [0.4, 0.5) is 17.2 Å². The average Bonchev–Trinajstić information content (AvgIpc) is 2.03. The first kappa shape index (κ1) is 8.25. The zero-order valence-corrected chi connectivity index (χ0v) is 6.44. The Morgan fingerprint density at radius 1 is 1.75 bits per heavy atom. The van der Waals surface area contributed by atoms with Crippen LogP contribution in [0.5, 0.6) is 0 Å². The summed E-state index contributed by atoms with van der Waals surface area (Å²) in [5.74, 6) is 0.512. The molecule has 12 heavy (non-hydrogen) atoms. The molecule has 0 saturated carbocycles. The van der Waals surface area contributed by atoms with E-state index in [0.717, 1.165) is 6.20 Å². The monoisotopic (exact) mass is 168 g/mol. The second-order valence-corrected chi connectivity index (χ2v) is 2.14. The van der Waals surface area contributed by atoms with Gasteiger partial charge < -0.3 is 11.1 Å². The molecular weight excluding hydrogens is 160 g/mol. The molecule has 0 radical (unpaired) electrons. The lowest BCUT2D eigenvalue weighted by Crippen LogP contribution is -1.99. The van der Waals surface area contributed by atoms with Crippen molar-refractivity contribution in [2.45, 2.75) is 0 Å². The highest BCUT2D eigenvalue weighted by Gasteiger charge is 2.11. The standard InChI is InChI=1S/C6H8N4O2/c1-8-6-2-4(7)5(3-9-6)10(11)12/h2-3H,1H3,(H3,7,8,9). The van der Waals surface area contributed by atoms with Gasteiger partial charge in [-0.25, -0.2) is 4.98 Å². The van der Waals surface area contributed by atoms with E-state index >= 15 is 0 Å². The Labute approximate surface area is 68.6 Å². The van der Waals surface area contributed by atoms with Gasteiger partial charge >= 0.3 is 5.69 Å². The predicted octanol–water partition coefficient (Wildman–Crippen LogP) is 0.614. The zero-order chi connectivity index (χ0) is 9.14. The third-order valence-corrected chi connectivity index (χ3v) is 1.37. The van der Waals surface area contributed by atoms with Gasteiger partial charge in [0.2, 0.25) is 0 Å². The van der Waals surface area contributed by atoms with Crippen molar-refractivity contribution in [3.05, 3.63) is 22.4 Å². The van der Waals surface area contributed by atoms with Crippen molar-refractivity contribution in [1.82, 2.24) is 4.98 Å². The molecular formula is C6H8N4O2. The Bertz CT molecular complexity index is 312. The molecule has 0 aliphatic heterocycles. The van der Waals surface area contributed by atoms with Crippen LogP contribution < -0.4 is 11.1 Å². The lowest BCUT2D eigenvalue weighted by Gasteiger charge is -1.99. The van der Waals surface area contributed by atoms with Crippen LogP contribution in [0.25, 0.3) is 0 Å². The molecule has 0 aromatic carbocycles. The fourth-order valence-corrected chi connectivity index (χ4v) is 0.753. The number of rotatable bonds is 2. The zero-order valence-electron chi connectivity index (χ0n) is 6.44. The Morgan fingerprint density at radius 3 is 2.83 bits per heavy atom. The Hall–Kier alpha value is -1.85. The van der Waals surface area contributed by atoms with Crippen molar-refractivity contribution >= 4 is 17.2 Å². The summed E-state index contributed by atoms with van der Waals surface area (Å²) in [5, 5.41) is 13.0. The number of hydrogen-bond donors (Lipinski definition) is 2. The SMILES string of the molecule is CNc1cc(N)c([N+](=O)[O-])cn1. The van der Waals surface area contributed by atoms with Crippen molar-refractivity contribution in [3.63, 3.8) is 0 Å². The van der Waals surface area contributed by atoms with E-state index in [1.54, 1.807) is 7.05 Å². The van der Waals surface area contributed by atoms with E-state index in [1.807, 2.05) is 0 Å². The molecule has 0 fully saturated rings. The predicted molar refractivity (Wildman–Crippen MR) is 44.9 cm³/mol. The maximum atomic E-state index is 10.3. The number of nitrogens with one attached hydrogen (secondary N) is 1. The number of aromatic nitrogens is 1. The van der Waals surface area contributed by atoms with Gasteiger partial charge in [0, 0.05) is 13.1 Å². The number of anilines is 2. The van der Waals surface area contributed by atoms with Gasteiger partial charge in [-0.2, -0.15) is 0 Å². The summed E-state index contributed by atoms with van der Waals surface area (Å²) in [7, 11) is 1.66. The second kappa shape index (κ2) is 3.04. The van der Waals surface area contributed by atoms with Crippen LogP contribution in [0, 0.1) is 10.1 Å². The normalized spacial score (nSPS) is 9.42.